The van der Waals surface area contributed by atoms with E-state index in [2.05, 4.69) is 15.9 Å². The van der Waals surface area contributed by atoms with Gasteiger partial charge in [0.1, 0.15) is 0 Å². The maximum atomic E-state index is 12.5. The predicted octanol–water partition coefficient (Wildman–Crippen LogP) is 2.91. The third-order valence-corrected chi connectivity index (χ3v) is 6.16. The van der Waals surface area contributed by atoms with Crippen LogP contribution in [0.15, 0.2) is 44.4 Å². The van der Waals surface area contributed by atoms with E-state index < -0.39 is 10.0 Å². The molecule has 0 atom stereocenters. The summed E-state index contributed by atoms with van der Waals surface area (Å²) >= 11 is 4.80. The zero-order valence-corrected chi connectivity index (χ0v) is 13.4. The Morgan fingerprint density at radius 3 is 2.74 bits per heavy atom. The van der Waals surface area contributed by atoms with E-state index in [1.165, 1.54) is 10.4 Å². The lowest BCUT2D eigenvalue weighted by Gasteiger charge is -2.17. The Morgan fingerprint density at radius 1 is 1.37 bits per heavy atom. The van der Waals surface area contributed by atoms with Crippen molar-refractivity contribution in [1.29, 1.82) is 0 Å². The van der Waals surface area contributed by atoms with E-state index in [0.29, 0.717) is 16.7 Å². The Hall–Kier alpha value is -0.890. The van der Waals surface area contributed by atoms with E-state index in [0.717, 1.165) is 5.56 Å². The van der Waals surface area contributed by atoms with Gasteiger partial charge in [0.25, 0.3) is 0 Å². The van der Waals surface area contributed by atoms with Gasteiger partial charge in [-0.2, -0.15) is 15.6 Å². The largest absolute Gasteiger partial charge is 0.399 e. The molecule has 7 heteroatoms. The highest BCUT2D eigenvalue weighted by atomic mass is 79.9. The molecule has 0 radical (unpaired) electrons. The molecule has 0 fully saturated rings. The van der Waals surface area contributed by atoms with Crippen molar-refractivity contribution in [3.05, 3.63) is 45.1 Å². The lowest BCUT2D eigenvalue weighted by Crippen LogP contribution is -2.26. The van der Waals surface area contributed by atoms with Crippen molar-refractivity contribution in [3.63, 3.8) is 0 Å². The molecule has 0 aliphatic heterocycles. The predicted molar refractivity (Wildman–Crippen MR) is 81.5 cm³/mol. The quantitative estimate of drug-likeness (QED) is 0.852. The summed E-state index contributed by atoms with van der Waals surface area (Å²) in [5, 5.41) is 3.85. The van der Waals surface area contributed by atoms with Crippen molar-refractivity contribution in [1.82, 2.24) is 4.31 Å². The molecule has 0 saturated carbocycles. The summed E-state index contributed by atoms with van der Waals surface area (Å²) in [5.74, 6) is 0. The Balaban J connectivity index is 2.33. The minimum absolute atomic E-state index is 0.185. The average molecular weight is 361 g/mol. The molecule has 0 bridgehead atoms. The third kappa shape index (κ3) is 3.17. The van der Waals surface area contributed by atoms with Crippen LogP contribution in [0.5, 0.6) is 0 Å². The number of sulfonamides is 1. The maximum Gasteiger partial charge on any atom is 0.244 e. The van der Waals surface area contributed by atoms with Crippen LogP contribution in [0, 0.1) is 0 Å². The van der Waals surface area contributed by atoms with Crippen LogP contribution < -0.4 is 5.73 Å². The summed E-state index contributed by atoms with van der Waals surface area (Å²) in [6, 6.07) is 6.66. The second-order valence-corrected chi connectivity index (χ2v) is 7.73. The molecular formula is C12H13BrN2O2S2. The first-order chi connectivity index (χ1) is 8.91. The summed E-state index contributed by atoms with van der Waals surface area (Å²) in [6.07, 6.45) is 0. The first-order valence-corrected chi connectivity index (χ1v) is 8.61. The van der Waals surface area contributed by atoms with E-state index in [4.69, 9.17) is 5.73 Å². The molecule has 0 unspecified atom stereocenters. The Bertz CT molecular complexity index is 669. The SMILES string of the molecule is CN(Cc1ccsc1)S(=O)(=O)c1cc(N)ccc1Br. The highest BCUT2D eigenvalue weighted by Crippen LogP contribution is 2.27. The molecule has 102 valence electrons. The number of rotatable bonds is 4. The number of halogens is 1. The molecule has 0 spiro atoms. The summed E-state index contributed by atoms with van der Waals surface area (Å²) in [6.45, 7) is 0.340. The topological polar surface area (TPSA) is 63.4 Å². The monoisotopic (exact) mass is 360 g/mol. The van der Waals surface area contributed by atoms with E-state index in [1.54, 1.807) is 30.5 Å². The van der Waals surface area contributed by atoms with E-state index in [9.17, 15) is 8.42 Å². The van der Waals surface area contributed by atoms with Gasteiger partial charge in [-0.05, 0) is 56.5 Å². The number of nitrogens with two attached hydrogens (primary N) is 1. The van der Waals surface area contributed by atoms with Crippen LogP contribution in [0.25, 0.3) is 0 Å². The van der Waals surface area contributed by atoms with Crippen LogP contribution in [0.3, 0.4) is 0 Å². The fourth-order valence-corrected chi connectivity index (χ4v) is 4.38. The number of hydrogen-bond donors (Lipinski definition) is 1. The fraction of sp³-hybridized carbons (Fsp3) is 0.167. The minimum atomic E-state index is -3.56. The number of nitrogen functional groups attached to an aromatic ring is 1. The highest BCUT2D eigenvalue weighted by Gasteiger charge is 2.23. The zero-order valence-electron chi connectivity index (χ0n) is 10.2. The molecular weight excluding hydrogens is 348 g/mol. The summed E-state index contributed by atoms with van der Waals surface area (Å²) in [4.78, 5) is 0.185. The molecule has 1 aromatic carbocycles. The summed E-state index contributed by atoms with van der Waals surface area (Å²) in [5.41, 5.74) is 7.05. The van der Waals surface area contributed by atoms with Gasteiger partial charge < -0.3 is 5.73 Å². The molecule has 0 aliphatic carbocycles. The molecule has 1 aromatic heterocycles. The van der Waals surface area contributed by atoms with Gasteiger partial charge in [-0.25, -0.2) is 8.42 Å². The summed E-state index contributed by atoms with van der Waals surface area (Å²) in [7, 11) is -2.00. The van der Waals surface area contributed by atoms with Crippen molar-refractivity contribution in [3.8, 4) is 0 Å². The van der Waals surface area contributed by atoms with Crippen molar-refractivity contribution in [2.45, 2.75) is 11.4 Å². The van der Waals surface area contributed by atoms with Gasteiger partial charge in [0, 0.05) is 23.8 Å². The normalized spacial score (nSPS) is 11.9. The average Bonchev–Trinajstić information content (AvgIpc) is 2.85. The molecule has 4 nitrogen and oxygen atoms in total. The number of anilines is 1. The summed E-state index contributed by atoms with van der Waals surface area (Å²) < 4.78 is 26.8. The first kappa shape index (κ1) is 14.5. The number of hydrogen-bond acceptors (Lipinski definition) is 4. The van der Waals surface area contributed by atoms with Crippen LogP contribution in [0.4, 0.5) is 5.69 Å². The Labute approximate surface area is 125 Å². The third-order valence-electron chi connectivity index (χ3n) is 2.63. The van der Waals surface area contributed by atoms with E-state index in [-0.39, 0.29) is 4.90 Å². The van der Waals surface area contributed by atoms with Gasteiger partial charge in [-0.1, -0.05) is 0 Å². The van der Waals surface area contributed by atoms with E-state index in [1.807, 2.05) is 16.8 Å². The Morgan fingerprint density at radius 2 is 2.11 bits per heavy atom. The molecule has 2 aromatic rings. The standard InChI is InChI=1S/C12H13BrN2O2S2/c1-15(7-9-4-5-18-8-9)19(16,17)12-6-10(14)2-3-11(12)13/h2-6,8H,7,14H2,1H3. The van der Waals surface area contributed by atoms with Crippen molar-refractivity contribution < 1.29 is 8.42 Å². The van der Waals surface area contributed by atoms with Gasteiger partial charge in [0.05, 0.1) is 4.90 Å². The first-order valence-electron chi connectivity index (χ1n) is 5.43. The van der Waals surface area contributed by atoms with Crippen molar-refractivity contribution >= 4 is 43.0 Å². The van der Waals surface area contributed by atoms with Crippen LogP contribution in [0.2, 0.25) is 0 Å². The van der Waals surface area contributed by atoms with Crippen molar-refractivity contribution in [2.75, 3.05) is 12.8 Å². The van der Waals surface area contributed by atoms with Gasteiger partial charge >= 0.3 is 0 Å². The van der Waals surface area contributed by atoms with E-state index >= 15 is 0 Å². The van der Waals surface area contributed by atoms with Crippen molar-refractivity contribution in [2.24, 2.45) is 0 Å². The zero-order chi connectivity index (χ0) is 14.0. The smallest absolute Gasteiger partial charge is 0.244 e. The second-order valence-electron chi connectivity index (χ2n) is 4.08. The van der Waals surface area contributed by atoms with Crippen LogP contribution in [-0.4, -0.2) is 19.8 Å². The lowest BCUT2D eigenvalue weighted by molar-refractivity contribution is 0.467. The van der Waals surface area contributed by atoms with Gasteiger partial charge in [-0.3, -0.25) is 0 Å². The highest BCUT2D eigenvalue weighted by molar-refractivity contribution is 9.10. The van der Waals surface area contributed by atoms with Gasteiger partial charge in [-0.15, -0.1) is 0 Å². The molecule has 2 N–H and O–H groups in total. The van der Waals surface area contributed by atoms with Crippen LogP contribution >= 0.6 is 27.3 Å². The second kappa shape index (κ2) is 5.62. The maximum absolute atomic E-state index is 12.5. The molecule has 2 rings (SSSR count). The Kier molecular flexibility index (Phi) is 4.29. The molecule has 0 aliphatic rings. The van der Waals surface area contributed by atoms with Gasteiger partial charge in [0.15, 0.2) is 0 Å². The number of nitrogens with zero attached hydrogens (tertiary/aromatic N) is 1. The number of thiophene rings is 1. The molecule has 0 saturated heterocycles. The minimum Gasteiger partial charge on any atom is -0.399 e. The lowest BCUT2D eigenvalue weighted by atomic mass is 10.3. The molecule has 0 amide bonds. The van der Waals surface area contributed by atoms with Gasteiger partial charge in [0.2, 0.25) is 10.0 Å². The fourth-order valence-electron chi connectivity index (χ4n) is 1.61. The van der Waals surface area contributed by atoms with Crippen LogP contribution in [-0.2, 0) is 16.6 Å². The number of benzene rings is 1. The molecule has 19 heavy (non-hydrogen) atoms. The molecule has 1 heterocycles. The van der Waals surface area contributed by atoms with Crippen LogP contribution in [0.1, 0.15) is 5.56 Å².